The van der Waals surface area contributed by atoms with Crippen LogP contribution in [0.15, 0.2) is 24.3 Å². The highest BCUT2D eigenvalue weighted by molar-refractivity contribution is 5.27. The van der Waals surface area contributed by atoms with Crippen molar-refractivity contribution < 1.29 is 9.47 Å². The molecule has 0 aliphatic heterocycles. The summed E-state index contributed by atoms with van der Waals surface area (Å²) in [5.41, 5.74) is 3.93. The minimum atomic E-state index is -0.235. The van der Waals surface area contributed by atoms with Crippen molar-refractivity contribution in [2.75, 3.05) is 14.2 Å². The molecule has 1 aromatic rings. The maximum Gasteiger partial charge on any atom is 0.118 e. The third-order valence-corrected chi connectivity index (χ3v) is 3.99. The Bertz CT molecular complexity index is 361. The number of ether oxygens (including phenoxy) is 2. The zero-order chi connectivity index (χ0) is 14.3. The van der Waals surface area contributed by atoms with Gasteiger partial charge in [-0.15, -0.1) is 0 Å². The van der Waals surface area contributed by atoms with E-state index in [9.17, 15) is 0 Å². The van der Waals surface area contributed by atoms with Crippen LogP contribution in [0, 0.1) is 0 Å². The minimum absolute atomic E-state index is 0.129. The number of nitrogens with two attached hydrogens (primary N) is 1. The van der Waals surface area contributed by atoms with Crippen molar-refractivity contribution in [2.45, 2.75) is 44.8 Å². The Morgan fingerprint density at radius 3 is 2.32 bits per heavy atom. The average molecular weight is 266 g/mol. The first-order chi connectivity index (χ1) is 9.09. The van der Waals surface area contributed by atoms with Gasteiger partial charge in [0.25, 0.3) is 0 Å². The van der Waals surface area contributed by atoms with Gasteiger partial charge >= 0.3 is 0 Å². The van der Waals surface area contributed by atoms with E-state index in [1.165, 1.54) is 5.56 Å². The molecule has 3 N–H and O–H groups in total. The number of hydrazine groups is 1. The third-order valence-electron chi connectivity index (χ3n) is 3.99. The fraction of sp³-hybridized carbons (Fsp3) is 0.600. The number of aryl methyl sites for hydroxylation is 1. The van der Waals surface area contributed by atoms with Crippen LogP contribution in [0.2, 0.25) is 0 Å². The largest absolute Gasteiger partial charge is 0.497 e. The Morgan fingerprint density at radius 2 is 1.89 bits per heavy atom. The first-order valence-electron chi connectivity index (χ1n) is 6.73. The van der Waals surface area contributed by atoms with Crippen LogP contribution in [0.3, 0.4) is 0 Å². The zero-order valence-electron chi connectivity index (χ0n) is 12.4. The number of hydrogen-bond donors (Lipinski definition) is 2. The molecule has 0 aliphatic carbocycles. The molecule has 1 aromatic carbocycles. The number of nitrogens with one attached hydrogen (secondary N) is 1. The first-order valence-corrected chi connectivity index (χ1v) is 6.73. The van der Waals surface area contributed by atoms with Gasteiger partial charge in [-0.05, 0) is 43.9 Å². The first kappa shape index (κ1) is 16.0. The fourth-order valence-electron chi connectivity index (χ4n) is 2.20. The number of methoxy groups -OCH3 is 2. The Hall–Kier alpha value is -1.10. The Morgan fingerprint density at radius 1 is 1.26 bits per heavy atom. The van der Waals surface area contributed by atoms with E-state index >= 15 is 0 Å². The summed E-state index contributed by atoms with van der Waals surface area (Å²) in [4.78, 5) is 0. The molecule has 4 nitrogen and oxygen atoms in total. The van der Waals surface area contributed by atoms with Gasteiger partial charge in [-0.25, -0.2) is 0 Å². The number of hydrogen-bond acceptors (Lipinski definition) is 4. The van der Waals surface area contributed by atoms with E-state index in [4.69, 9.17) is 15.3 Å². The van der Waals surface area contributed by atoms with Crippen molar-refractivity contribution in [3.8, 4) is 5.75 Å². The molecule has 0 heterocycles. The molecule has 0 spiro atoms. The molecule has 108 valence electrons. The summed E-state index contributed by atoms with van der Waals surface area (Å²) in [6, 6.07) is 8.26. The lowest BCUT2D eigenvalue weighted by Gasteiger charge is -2.35. The van der Waals surface area contributed by atoms with Gasteiger partial charge < -0.3 is 9.47 Å². The van der Waals surface area contributed by atoms with Crippen LogP contribution in [0.4, 0.5) is 0 Å². The smallest absolute Gasteiger partial charge is 0.118 e. The molecule has 0 fully saturated rings. The molecule has 4 heteroatoms. The lowest BCUT2D eigenvalue weighted by atomic mass is 9.89. The summed E-state index contributed by atoms with van der Waals surface area (Å²) in [6.07, 6.45) is 2.81. The summed E-state index contributed by atoms with van der Waals surface area (Å²) in [5.74, 6) is 6.55. The standard InChI is InChI=1S/C15H26N2O2/c1-5-15(2,19-4)14(17-16)11-8-12-6-9-13(18-3)10-7-12/h6-7,9-10,14,17H,5,8,11,16H2,1-4H3. The van der Waals surface area contributed by atoms with Crippen molar-refractivity contribution in [1.82, 2.24) is 5.43 Å². The van der Waals surface area contributed by atoms with E-state index in [0.29, 0.717) is 0 Å². The van der Waals surface area contributed by atoms with Crippen molar-refractivity contribution in [2.24, 2.45) is 5.84 Å². The maximum absolute atomic E-state index is 5.67. The molecule has 0 saturated carbocycles. The van der Waals surface area contributed by atoms with Gasteiger partial charge in [0.15, 0.2) is 0 Å². The average Bonchev–Trinajstić information content (AvgIpc) is 2.48. The molecular weight excluding hydrogens is 240 g/mol. The molecule has 0 amide bonds. The number of rotatable bonds is 8. The van der Waals surface area contributed by atoms with Crippen LogP contribution in [0.25, 0.3) is 0 Å². The van der Waals surface area contributed by atoms with Crippen molar-refractivity contribution in [1.29, 1.82) is 0 Å². The van der Waals surface area contributed by atoms with Crippen LogP contribution < -0.4 is 16.0 Å². The van der Waals surface area contributed by atoms with Crippen molar-refractivity contribution in [3.05, 3.63) is 29.8 Å². The SMILES string of the molecule is CCC(C)(OC)C(CCc1ccc(OC)cc1)NN. The van der Waals surface area contributed by atoms with Gasteiger partial charge in [0.05, 0.1) is 18.8 Å². The summed E-state index contributed by atoms with van der Waals surface area (Å²) < 4.78 is 10.8. The third kappa shape index (κ3) is 4.20. The Kier molecular flexibility index (Phi) is 6.28. The predicted octanol–water partition coefficient (Wildman–Crippen LogP) is 2.27. The van der Waals surface area contributed by atoms with E-state index in [1.54, 1.807) is 14.2 Å². The van der Waals surface area contributed by atoms with Gasteiger partial charge in [0.2, 0.25) is 0 Å². The summed E-state index contributed by atoms with van der Waals surface area (Å²) in [6.45, 7) is 4.20. The van der Waals surface area contributed by atoms with Crippen LogP contribution in [-0.4, -0.2) is 25.9 Å². The van der Waals surface area contributed by atoms with Crippen LogP contribution in [-0.2, 0) is 11.2 Å². The van der Waals surface area contributed by atoms with Crippen LogP contribution in [0.1, 0.15) is 32.3 Å². The van der Waals surface area contributed by atoms with E-state index < -0.39 is 0 Å². The van der Waals surface area contributed by atoms with Gasteiger partial charge in [-0.3, -0.25) is 11.3 Å². The minimum Gasteiger partial charge on any atom is -0.497 e. The second kappa shape index (κ2) is 7.48. The lowest BCUT2D eigenvalue weighted by molar-refractivity contribution is -0.0310. The highest BCUT2D eigenvalue weighted by Gasteiger charge is 2.31. The topological polar surface area (TPSA) is 56.5 Å². The van der Waals surface area contributed by atoms with E-state index in [1.807, 2.05) is 12.1 Å². The Labute approximate surface area is 116 Å². The van der Waals surface area contributed by atoms with Gasteiger partial charge in [0.1, 0.15) is 5.75 Å². The normalized spacial score (nSPS) is 15.8. The molecule has 0 radical (unpaired) electrons. The van der Waals surface area contributed by atoms with Crippen molar-refractivity contribution >= 4 is 0 Å². The monoisotopic (exact) mass is 266 g/mol. The van der Waals surface area contributed by atoms with E-state index in [0.717, 1.165) is 25.0 Å². The fourth-order valence-corrected chi connectivity index (χ4v) is 2.20. The summed E-state index contributed by atoms with van der Waals surface area (Å²) in [7, 11) is 3.41. The summed E-state index contributed by atoms with van der Waals surface area (Å²) >= 11 is 0. The number of benzene rings is 1. The molecule has 0 aliphatic rings. The molecule has 2 unspecified atom stereocenters. The molecule has 0 aromatic heterocycles. The second-order valence-corrected chi connectivity index (χ2v) is 4.98. The maximum atomic E-state index is 5.67. The Balaban J connectivity index is 2.62. The van der Waals surface area contributed by atoms with E-state index in [-0.39, 0.29) is 11.6 Å². The molecule has 2 atom stereocenters. The molecule has 0 saturated heterocycles. The molecule has 0 bridgehead atoms. The predicted molar refractivity (Wildman–Crippen MR) is 78.1 cm³/mol. The highest BCUT2D eigenvalue weighted by Crippen LogP contribution is 2.23. The van der Waals surface area contributed by atoms with Crippen LogP contribution >= 0.6 is 0 Å². The second-order valence-electron chi connectivity index (χ2n) is 4.98. The molecule has 19 heavy (non-hydrogen) atoms. The van der Waals surface area contributed by atoms with Gasteiger partial charge in [-0.1, -0.05) is 19.1 Å². The van der Waals surface area contributed by atoms with E-state index in [2.05, 4.69) is 31.4 Å². The van der Waals surface area contributed by atoms with Crippen LogP contribution in [0.5, 0.6) is 5.75 Å². The quantitative estimate of drug-likeness (QED) is 0.560. The lowest BCUT2D eigenvalue weighted by Crippen LogP contribution is -2.52. The highest BCUT2D eigenvalue weighted by atomic mass is 16.5. The molecule has 1 rings (SSSR count). The van der Waals surface area contributed by atoms with Gasteiger partial charge in [0, 0.05) is 7.11 Å². The summed E-state index contributed by atoms with van der Waals surface area (Å²) in [5, 5.41) is 0. The van der Waals surface area contributed by atoms with Crippen molar-refractivity contribution in [3.63, 3.8) is 0 Å². The molecular formula is C15H26N2O2. The van der Waals surface area contributed by atoms with Gasteiger partial charge in [-0.2, -0.15) is 0 Å². The zero-order valence-corrected chi connectivity index (χ0v) is 12.4.